The van der Waals surface area contributed by atoms with E-state index in [1.807, 2.05) is 39.2 Å². The number of piperidine rings is 1. The number of hydrogen-bond donors (Lipinski definition) is 4. The van der Waals surface area contributed by atoms with E-state index in [1.54, 1.807) is 0 Å². The molecule has 62 heavy (non-hydrogen) atoms. The highest BCUT2D eigenvalue weighted by atomic mass is 16.5. The average Bonchev–Trinajstić information content (AvgIpc) is 3.52. The maximum absolute atomic E-state index is 11.1. The van der Waals surface area contributed by atoms with Crippen LogP contribution in [-0.2, 0) is 26.1 Å². The summed E-state index contributed by atoms with van der Waals surface area (Å²) >= 11 is 0. The van der Waals surface area contributed by atoms with Crippen LogP contribution in [0.2, 0.25) is 0 Å². The molecule has 3 fully saturated rings. The summed E-state index contributed by atoms with van der Waals surface area (Å²) in [6, 6.07) is 13.6. The number of hydrogen-bond acceptors (Lipinski definition) is 10. The van der Waals surface area contributed by atoms with E-state index in [0.29, 0.717) is 31.1 Å². The first-order valence-electron chi connectivity index (χ1n) is 22.0. The molecule has 2 amide bonds. The van der Waals surface area contributed by atoms with Crippen LogP contribution in [0.3, 0.4) is 0 Å². The van der Waals surface area contributed by atoms with Gasteiger partial charge in [0.05, 0.1) is 18.2 Å². The third-order valence-corrected chi connectivity index (χ3v) is 10.8. The number of amides is 2. The van der Waals surface area contributed by atoms with Gasteiger partial charge in [0, 0.05) is 85.0 Å². The molecule has 0 bridgehead atoms. The number of ether oxygens (including phenoxy) is 2. The van der Waals surface area contributed by atoms with E-state index < -0.39 is 0 Å². The zero-order valence-corrected chi connectivity index (χ0v) is 37.8. The molecule has 3 aliphatic rings. The fourth-order valence-electron chi connectivity index (χ4n) is 6.67. The number of phenols is 1. The van der Waals surface area contributed by atoms with Gasteiger partial charge in [0.2, 0.25) is 11.8 Å². The quantitative estimate of drug-likeness (QED) is 0.0316. The molecule has 3 heterocycles. The third-order valence-electron chi connectivity index (χ3n) is 10.8. The molecule has 1 aliphatic heterocycles. The van der Waals surface area contributed by atoms with Gasteiger partial charge in [-0.15, -0.1) is 0 Å². The second-order valence-corrected chi connectivity index (χ2v) is 15.4. The predicted octanol–water partition coefficient (Wildman–Crippen LogP) is 9.18. The van der Waals surface area contributed by atoms with E-state index >= 15 is 0 Å². The van der Waals surface area contributed by atoms with E-state index in [4.69, 9.17) is 19.7 Å². The van der Waals surface area contributed by atoms with E-state index in [1.165, 1.54) is 85.1 Å². The average molecular weight is 853 g/mol. The summed E-state index contributed by atoms with van der Waals surface area (Å²) in [4.78, 5) is 47.5. The predicted molar refractivity (Wildman–Crippen MR) is 248 cm³/mol. The number of carbonyl (C=O) groups is 4. The molecule has 7 rings (SSSR count). The first-order valence-corrected chi connectivity index (χ1v) is 22.0. The largest absolute Gasteiger partial charge is 0.508 e. The first kappa shape index (κ1) is 50.9. The lowest BCUT2D eigenvalue weighted by Crippen LogP contribution is -2.39. The molecule has 12 heteroatoms. The van der Waals surface area contributed by atoms with E-state index in [-0.39, 0.29) is 47.2 Å². The van der Waals surface area contributed by atoms with Crippen LogP contribution in [0, 0.1) is 5.92 Å². The van der Waals surface area contributed by atoms with Crippen molar-refractivity contribution in [1.82, 2.24) is 20.2 Å². The molecule has 12 nitrogen and oxygen atoms in total. The number of nitrogens with zero attached hydrogens (tertiary/aromatic N) is 2. The van der Waals surface area contributed by atoms with Crippen LogP contribution in [0.1, 0.15) is 126 Å². The topological polar surface area (TPSA) is 169 Å². The molecule has 4 N–H and O–H groups in total. The Morgan fingerprint density at radius 3 is 2.23 bits per heavy atom. The SMILES string of the molecule is C=C(/C=C\C(=C/C)c1ccc2c3cnccc3n(C)c2c1)OC1CCC1.CC.CC(=O)c1ccc(O)cc1C(C)=O.CC1CCC(=O)NC1=O.OCCCOCCNC1CCC1. The zero-order chi connectivity index (χ0) is 45.6. The number of aromatic nitrogens is 2. The van der Waals surface area contributed by atoms with Gasteiger partial charge in [0.15, 0.2) is 11.6 Å². The Morgan fingerprint density at radius 2 is 1.65 bits per heavy atom. The van der Waals surface area contributed by atoms with Crippen LogP contribution in [0.15, 0.2) is 85.4 Å². The number of benzene rings is 2. The van der Waals surface area contributed by atoms with Crippen LogP contribution < -0.4 is 10.6 Å². The van der Waals surface area contributed by atoms with Crippen molar-refractivity contribution < 1.29 is 38.9 Å². The minimum Gasteiger partial charge on any atom is -0.508 e. The van der Waals surface area contributed by atoms with Gasteiger partial charge in [0.1, 0.15) is 11.5 Å². The number of aliphatic hydroxyl groups is 1. The number of allylic oxidation sites excluding steroid dienone is 4. The summed E-state index contributed by atoms with van der Waals surface area (Å²) in [5, 5.41) is 25.7. The number of Topliss-reactive ketones (excluding diaryl/α,β-unsaturated/α-hetero) is 2. The Balaban J connectivity index is 0.000000240. The van der Waals surface area contributed by atoms with Crippen LogP contribution in [0.25, 0.3) is 27.4 Å². The van der Waals surface area contributed by atoms with Gasteiger partial charge in [-0.1, -0.05) is 58.1 Å². The summed E-state index contributed by atoms with van der Waals surface area (Å²) in [6.07, 6.45) is 19.9. The van der Waals surface area contributed by atoms with Gasteiger partial charge in [-0.3, -0.25) is 29.5 Å². The standard InChI is InChI=1S/C23H24N2O.C10H10O3.C9H19NO2.C6H9NO2.C2H6/c1-4-17(9-8-16(2)26-19-6-5-7-19)18-10-11-20-21-15-24-13-12-22(21)25(3)23(20)14-18;1-6(11)9-4-3-8(13)5-10(9)7(2)12;11-6-2-7-12-8-5-10-9-3-1-4-9;1-4-2-3-5(8)7-6(4)9;1-2/h4,8-15,19H,2,5-7H2,1,3H3;3-5,13H,1-2H3;9-11H,1-8H2;4H,2-3H2,1H3,(H,7,8,9);1-2H3/b9-8-,17-4+;;;;. The van der Waals surface area contributed by atoms with Crippen molar-refractivity contribution in [2.75, 3.05) is 26.4 Å². The molecule has 1 saturated heterocycles. The maximum Gasteiger partial charge on any atom is 0.229 e. The molecular formula is C50H68N4O8. The number of carbonyl (C=O) groups excluding carboxylic acids is 4. The van der Waals surface area contributed by atoms with Crippen molar-refractivity contribution >= 4 is 50.8 Å². The summed E-state index contributed by atoms with van der Waals surface area (Å²) < 4.78 is 13.3. The number of aromatic hydroxyl groups is 1. The molecule has 2 aromatic heterocycles. The van der Waals surface area contributed by atoms with Crippen LogP contribution in [0.4, 0.5) is 0 Å². The van der Waals surface area contributed by atoms with Crippen molar-refractivity contribution in [3.05, 3.63) is 102 Å². The molecule has 2 saturated carbocycles. The zero-order valence-electron chi connectivity index (χ0n) is 37.8. The van der Waals surface area contributed by atoms with E-state index in [9.17, 15) is 19.2 Å². The highest BCUT2D eigenvalue weighted by Crippen LogP contribution is 2.31. The molecule has 1 atom stereocenters. The Hall–Kier alpha value is -5.43. The summed E-state index contributed by atoms with van der Waals surface area (Å²) in [6.45, 7) is 17.3. The smallest absolute Gasteiger partial charge is 0.229 e. The number of rotatable bonds is 14. The van der Waals surface area contributed by atoms with Gasteiger partial charge < -0.3 is 29.6 Å². The van der Waals surface area contributed by atoms with Crippen LogP contribution in [-0.4, -0.2) is 81.7 Å². The summed E-state index contributed by atoms with van der Waals surface area (Å²) in [7, 11) is 2.11. The first-order chi connectivity index (χ1) is 29.8. The summed E-state index contributed by atoms with van der Waals surface area (Å²) in [5.41, 5.74) is 5.38. The number of phenolic OH excluding ortho intramolecular Hbond substituents is 1. The summed E-state index contributed by atoms with van der Waals surface area (Å²) in [5.74, 6) is 0.0827. The Labute approximate surface area is 367 Å². The van der Waals surface area contributed by atoms with Gasteiger partial charge in [-0.05, 0) is 113 Å². The minimum absolute atomic E-state index is 0.00444. The van der Waals surface area contributed by atoms with Gasteiger partial charge in [-0.2, -0.15) is 0 Å². The molecule has 4 aromatic rings. The van der Waals surface area contributed by atoms with E-state index in [0.717, 1.165) is 49.8 Å². The number of aliphatic hydroxyl groups excluding tert-OH is 1. The number of aryl methyl sites for hydroxylation is 1. The molecule has 336 valence electrons. The van der Waals surface area contributed by atoms with E-state index in [2.05, 4.69) is 77.2 Å². The van der Waals surface area contributed by atoms with Gasteiger partial charge >= 0.3 is 0 Å². The van der Waals surface area contributed by atoms with Crippen molar-refractivity contribution in [2.24, 2.45) is 13.0 Å². The van der Waals surface area contributed by atoms with Gasteiger partial charge in [0.25, 0.3) is 0 Å². The number of pyridine rings is 1. The Bertz CT molecular complexity index is 2160. The normalized spacial score (nSPS) is 16.2. The number of imide groups is 1. The minimum atomic E-state index is -0.221. The van der Waals surface area contributed by atoms with Gasteiger partial charge in [-0.25, -0.2) is 0 Å². The lowest BCUT2D eigenvalue weighted by molar-refractivity contribution is -0.135. The van der Waals surface area contributed by atoms with Crippen LogP contribution >= 0.6 is 0 Å². The monoisotopic (exact) mass is 853 g/mol. The highest BCUT2D eigenvalue weighted by molar-refractivity contribution is 6.09. The number of ketones is 2. The fourth-order valence-corrected chi connectivity index (χ4v) is 6.67. The number of fused-ring (bicyclic) bond motifs is 3. The van der Waals surface area contributed by atoms with Crippen molar-refractivity contribution in [3.63, 3.8) is 0 Å². The second-order valence-electron chi connectivity index (χ2n) is 15.4. The Kier molecular flexibility index (Phi) is 22.0. The molecule has 2 aliphatic carbocycles. The van der Waals surface area contributed by atoms with Crippen molar-refractivity contribution in [1.29, 1.82) is 0 Å². The Morgan fingerprint density at radius 1 is 0.935 bits per heavy atom. The molecule has 2 aromatic carbocycles. The molecular weight excluding hydrogens is 785 g/mol. The third kappa shape index (κ3) is 15.8. The van der Waals surface area contributed by atoms with Crippen molar-refractivity contribution in [3.8, 4) is 5.75 Å². The number of nitrogens with one attached hydrogen (secondary N) is 2. The van der Waals surface area contributed by atoms with Crippen molar-refractivity contribution in [2.45, 2.75) is 111 Å². The lowest BCUT2D eigenvalue weighted by Gasteiger charge is -2.26. The fraction of sp³-hybridized carbons (Fsp3) is 0.460. The second kappa shape index (κ2) is 26.8. The molecule has 0 spiro atoms. The highest BCUT2D eigenvalue weighted by Gasteiger charge is 2.22. The van der Waals surface area contributed by atoms with Crippen LogP contribution in [0.5, 0.6) is 5.75 Å². The maximum atomic E-state index is 11.1. The molecule has 0 radical (unpaired) electrons. The molecule has 1 unspecified atom stereocenters. The lowest BCUT2D eigenvalue weighted by atomic mass is 9.93.